The van der Waals surface area contributed by atoms with Gasteiger partial charge in [-0.2, -0.15) is 5.26 Å². The van der Waals surface area contributed by atoms with Crippen LogP contribution in [-0.4, -0.2) is 0 Å². The van der Waals surface area contributed by atoms with Gasteiger partial charge in [0.2, 0.25) is 0 Å². The van der Waals surface area contributed by atoms with Crippen LogP contribution >= 0.6 is 15.9 Å². The van der Waals surface area contributed by atoms with Crippen molar-refractivity contribution >= 4 is 21.6 Å². The van der Waals surface area contributed by atoms with Crippen LogP contribution < -0.4 is 5.32 Å². The zero-order valence-corrected chi connectivity index (χ0v) is 12.2. The van der Waals surface area contributed by atoms with Crippen molar-refractivity contribution in [2.24, 2.45) is 0 Å². The molecule has 1 N–H and O–H groups in total. The third-order valence-electron chi connectivity index (χ3n) is 3.74. The maximum atomic E-state index is 13.8. The number of rotatable bonds is 2. The number of anilines is 1. The molecule has 1 unspecified atom stereocenters. The summed E-state index contributed by atoms with van der Waals surface area (Å²) in [7, 11) is 0. The van der Waals surface area contributed by atoms with Crippen LogP contribution in [0.5, 0.6) is 0 Å². The van der Waals surface area contributed by atoms with E-state index in [2.05, 4.69) is 27.3 Å². The molecule has 0 bridgehead atoms. The van der Waals surface area contributed by atoms with Crippen molar-refractivity contribution < 1.29 is 4.39 Å². The van der Waals surface area contributed by atoms with Gasteiger partial charge in [0.15, 0.2) is 5.54 Å². The second-order valence-corrected chi connectivity index (χ2v) is 5.74. The molecule has 1 atom stereocenters. The summed E-state index contributed by atoms with van der Waals surface area (Å²) in [4.78, 5) is 0. The average Bonchev–Trinajstić information content (AvgIpc) is 2.83. The molecule has 2 aromatic carbocycles. The largest absolute Gasteiger partial charge is 0.361 e. The van der Waals surface area contributed by atoms with E-state index in [1.165, 1.54) is 6.07 Å². The van der Waals surface area contributed by atoms with Crippen molar-refractivity contribution in [3.05, 3.63) is 63.9 Å². The van der Waals surface area contributed by atoms with Gasteiger partial charge in [-0.15, -0.1) is 0 Å². The summed E-state index contributed by atoms with van der Waals surface area (Å²) in [5.74, 6) is -0.342. The first kappa shape index (κ1) is 13.1. The molecule has 0 heterocycles. The summed E-state index contributed by atoms with van der Waals surface area (Å²) >= 11 is 3.52. The fraction of sp³-hybridized carbons (Fsp3) is 0.188. The maximum Gasteiger partial charge on any atom is 0.151 e. The monoisotopic (exact) mass is 330 g/mol. The molecule has 0 saturated heterocycles. The molecular weight excluding hydrogens is 319 g/mol. The first-order valence-corrected chi connectivity index (χ1v) is 7.17. The fourth-order valence-corrected chi connectivity index (χ4v) is 3.29. The number of hydrogen-bond acceptors (Lipinski definition) is 2. The van der Waals surface area contributed by atoms with Gasteiger partial charge >= 0.3 is 0 Å². The van der Waals surface area contributed by atoms with Crippen LogP contribution in [0.3, 0.4) is 0 Å². The van der Waals surface area contributed by atoms with Gasteiger partial charge < -0.3 is 5.32 Å². The van der Waals surface area contributed by atoms with Crippen LogP contribution in [0.25, 0.3) is 0 Å². The molecule has 1 aliphatic rings. The Morgan fingerprint density at radius 2 is 2.00 bits per heavy atom. The summed E-state index contributed by atoms with van der Waals surface area (Å²) in [5.41, 5.74) is 1.55. The highest BCUT2D eigenvalue weighted by atomic mass is 79.9. The van der Waals surface area contributed by atoms with Crippen molar-refractivity contribution in [2.45, 2.75) is 18.4 Å². The van der Waals surface area contributed by atoms with Crippen molar-refractivity contribution in [1.29, 1.82) is 5.26 Å². The summed E-state index contributed by atoms with van der Waals surface area (Å²) in [6, 6.07) is 14.6. The second kappa shape index (κ2) is 4.92. The van der Waals surface area contributed by atoms with E-state index >= 15 is 0 Å². The van der Waals surface area contributed by atoms with Crippen molar-refractivity contribution in [3.63, 3.8) is 0 Å². The normalized spacial score (nSPS) is 20.2. The van der Waals surface area contributed by atoms with Gasteiger partial charge in [0, 0.05) is 4.47 Å². The minimum atomic E-state index is -0.860. The molecule has 0 amide bonds. The standard InChI is InChI=1S/C16H12BrFN2/c17-13-5-3-4-12-11(13)8-9-16(12,10-19)20-15-7-2-1-6-14(15)18/h1-7,20H,8-9H2. The van der Waals surface area contributed by atoms with Gasteiger partial charge in [-0.3, -0.25) is 0 Å². The minimum absolute atomic E-state index is 0.342. The highest BCUT2D eigenvalue weighted by molar-refractivity contribution is 9.10. The van der Waals surface area contributed by atoms with Gasteiger partial charge in [0.25, 0.3) is 0 Å². The SMILES string of the molecule is N#CC1(Nc2ccccc2F)CCc2c(Br)cccc21. The van der Waals surface area contributed by atoms with Gasteiger partial charge in [-0.25, -0.2) is 4.39 Å². The summed E-state index contributed by atoms with van der Waals surface area (Å²) < 4.78 is 14.8. The quantitative estimate of drug-likeness (QED) is 0.887. The Bertz CT molecular complexity index is 708. The molecular formula is C16H12BrFN2. The lowest BCUT2D eigenvalue weighted by molar-refractivity contribution is 0.593. The van der Waals surface area contributed by atoms with Crippen LogP contribution in [-0.2, 0) is 12.0 Å². The summed E-state index contributed by atoms with van der Waals surface area (Å²) in [6.45, 7) is 0. The summed E-state index contributed by atoms with van der Waals surface area (Å²) in [6.07, 6.45) is 1.43. The third kappa shape index (κ3) is 1.99. The number of nitrogens with one attached hydrogen (secondary N) is 1. The third-order valence-corrected chi connectivity index (χ3v) is 4.48. The van der Waals surface area contributed by atoms with E-state index in [1.807, 2.05) is 18.2 Å². The van der Waals surface area contributed by atoms with Gasteiger partial charge in [0.05, 0.1) is 11.8 Å². The van der Waals surface area contributed by atoms with E-state index in [0.29, 0.717) is 12.1 Å². The summed E-state index contributed by atoms with van der Waals surface area (Å²) in [5, 5.41) is 12.8. The lowest BCUT2D eigenvalue weighted by Gasteiger charge is -2.25. The fourth-order valence-electron chi connectivity index (χ4n) is 2.73. The van der Waals surface area contributed by atoms with Gasteiger partial charge in [-0.1, -0.05) is 40.2 Å². The lowest BCUT2D eigenvalue weighted by atomic mass is 9.93. The van der Waals surface area contributed by atoms with Crippen molar-refractivity contribution in [3.8, 4) is 6.07 Å². The minimum Gasteiger partial charge on any atom is -0.361 e. The Kier molecular flexibility index (Phi) is 3.23. The zero-order chi connectivity index (χ0) is 14.2. The van der Waals surface area contributed by atoms with Gasteiger partial charge in [0.1, 0.15) is 5.82 Å². The Morgan fingerprint density at radius 1 is 1.20 bits per heavy atom. The number of nitriles is 1. The van der Waals surface area contributed by atoms with Crippen LogP contribution in [0.1, 0.15) is 17.5 Å². The number of hydrogen-bond donors (Lipinski definition) is 1. The highest BCUT2D eigenvalue weighted by Gasteiger charge is 2.40. The number of para-hydroxylation sites is 1. The molecule has 0 fully saturated rings. The Morgan fingerprint density at radius 3 is 2.75 bits per heavy atom. The number of halogens is 2. The number of benzene rings is 2. The first-order chi connectivity index (χ1) is 9.66. The molecule has 0 aromatic heterocycles. The first-order valence-electron chi connectivity index (χ1n) is 6.38. The second-order valence-electron chi connectivity index (χ2n) is 4.89. The van der Waals surface area contributed by atoms with Gasteiger partial charge in [-0.05, 0) is 42.2 Å². The Hall–Kier alpha value is -1.86. The molecule has 1 aliphatic carbocycles. The topological polar surface area (TPSA) is 35.8 Å². The number of fused-ring (bicyclic) bond motifs is 1. The molecule has 0 spiro atoms. The predicted octanol–water partition coefficient (Wildman–Crippen LogP) is 4.37. The molecule has 3 rings (SSSR count). The zero-order valence-electron chi connectivity index (χ0n) is 10.7. The van der Waals surface area contributed by atoms with Crippen molar-refractivity contribution in [2.75, 3.05) is 5.32 Å². The predicted molar refractivity (Wildman–Crippen MR) is 79.8 cm³/mol. The van der Waals surface area contributed by atoms with E-state index in [-0.39, 0.29) is 5.82 Å². The van der Waals surface area contributed by atoms with E-state index < -0.39 is 5.54 Å². The molecule has 0 aliphatic heterocycles. The molecule has 2 aromatic rings. The molecule has 20 heavy (non-hydrogen) atoms. The molecule has 4 heteroatoms. The molecule has 2 nitrogen and oxygen atoms in total. The molecule has 0 radical (unpaired) electrons. The smallest absolute Gasteiger partial charge is 0.151 e. The maximum absolute atomic E-state index is 13.8. The lowest BCUT2D eigenvalue weighted by Crippen LogP contribution is -2.31. The van der Waals surface area contributed by atoms with Crippen molar-refractivity contribution in [1.82, 2.24) is 0 Å². The van der Waals surface area contributed by atoms with Crippen LogP contribution in [0.4, 0.5) is 10.1 Å². The Labute approximate surface area is 125 Å². The van der Waals surface area contributed by atoms with Crippen LogP contribution in [0, 0.1) is 17.1 Å². The molecule has 100 valence electrons. The van der Waals surface area contributed by atoms with Crippen LogP contribution in [0.15, 0.2) is 46.9 Å². The van der Waals surface area contributed by atoms with E-state index in [4.69, 9.17) is 0 Å². The Balaban J connectivity index is 2.07. The average molecular weight is 331 g/mol. The molecule has 0 saturated carbocycles. The van der Waals surface area contributed by atoms with Crippen LogP contribution in [0.2, 0.25) is 0 Å². The van der Waals surface area contributed by atoms with E-state index in [9.17, 15) is 9.65 Å². The number of nitrogens with zero attached hydrogens (tertiary/aromatic N) is 1. The van der Waals surface area contributed by atoms with E-state index in [0.717, 1.165) is 22.0 Å². The highest BCUT2D eigenvalue weighted by Crippen LogP contribution is 2.42. The van der Waals surface area contributed by atoms with E-state index in [1.54, 1.807) is 18.2 Å².